The molecule has 1 aromatic rings. The van der Waals surface area contributed by atoms with E-state index in [1.165, 1.54) is 0 Å². The van der Waals surface area contributed by atoms with Crippen LogP contribution in [0.1, 0.15) is 17.3 Å². The van der Waals surface area contributed by atoms with Crippen LogP contribution in [0.4, 0.5) is 0 Å². The molecule has 104 valence electrons. The fourth-order valence-electron chi connectivity index (χ4n) is 2.23. The van der Waals surface area contributed by atoms with Gasteiger partial charge >= 0.3 is 0 Å². The van der Waals surface area contributed by atoms with Crippen LogP contribution >= 0.6 is 11.6 Å². The van der Waals surface area contributed by atoms with Crippen LogP contribution in [-0.2, 0) is 0 Å². The minimum atomic E-state index is 0.00315. The minimum Gasteiger partial charge on any atom is -0.497 e. The van der Waals surface area contributed by atoms with Crippen LogP contribution in [0, 0.1) is 0 Å². The van der Waals surface area contributed by atoms with E-state index in [0.29, 0.717) is 16.3 Å². The number of methoxy groups -OCH3 is 1. The predicted molar refractivity (Wildman–Crippen MR) is 76.0 cm³/mol. The highest BCUT2D eigenvalue weighted by Gasteiger charge is 2.22. The summed E-state index contributed by atoms with van der Waals surface area (Å²) in [6.07, 6.45) is 0. The van der Waals surface area contributed by atoms with E-state index >= 15 is 0 Å². The highest BCUT2D eigenvalue weighted by Crippen LogP contribution is 2.24. The third kappa shape index (κ3) is 3.19. The number of hydrogen-bond donors (Lipinski definition) is 0. The Kier molecular flexibility index (Phi) is 4.66. The molecule has 5 heteroatoms. The minimum absolute atomic E-state index is 0.00315. The molecule has 0 spiro atoms. The molecule has 1 aliphatic rings. The van der Waals surface area contributed by atoms with Gasteiger partial charge in [-0.15, -0.1) is 0 Å². The first-order valence-electron chi connectivity index (χ1n) is 6.51. The standard InChI is InChI=1S/C14H19ClN2O2/c1-3-16-6-8-17(9-7-16)14(18)12-5-4-11(19-2)10-13(12)15/h4-5,10H,3,6-9H2,1-2H3. The summed E-state index contributed by atoms with van der Waals surface area (Å²) in [4.78, 5) is 16.6. The van der Waals surface area contributed by atoms with Gasteiger partial charge in [0, 0.05) is 26.2 Å². The average Bonchev–Trinajstić information content (AvgIpc) is 2.46. The second-order valence-corrected chi connectivity index (χ2v) is 4.98. The first-order chi connectivity index (χ1) is 9.15. The number of rotatable bonds is 3. The van der Waals surface area contributed by atoms with E-state index in [1.807, 2.05) is 4.90 Å². The molecule has 1 amide bonds. The lowest BCUT2D eigenvalue weighted by atomic mass is 10.1. The number of amides is 1. The zero-order chi connectivity index (χ0) is 13.8. The molecule has 1 heterocycles. The quantitative estimate of drug-likeness (QED) is 0.851. The lowest BCUT2D eigenvalue weighted by molar-refractivity contribution is 0.0643. The second kappa shape index (κ2) is 6.26. The molecule has 1 saturated heterocycles. The molecular formula is C14H19ClN2O2. The average molecular weight is 283 g/mol. The van der Waals surface area contributed by atoms with Crippen LogP contribution in [0.25, 0.3) is 0 Å². The highest BCUT2D eigenvalue weighted by atomic mass is 35.5. The Bertz CT molecular complexity index is 457. The number of benzene rings is 1. The molecule has 4 nitrogen and oxygen atoms in total. The molecule has 0 aliphatic carbocycles. The summed E-state index contributed by atoms with van der Waals surface area (Å²) in [6.45, 7) is 6.54. The maximum absolute atomic E-state index is 12.4. The SMILES string of the molecule is CCN1CCN(C(=O)c2ccc(OC)cc2Cl)CC1. The molecule has 0 atom stereocenters. The van der Waals surface area contributed by atoms with Gasteiger partial charge in [0.2, 0.25) is 0 Å². The van der Waals surface area contributed by atoms with Crippen molar-refractivity contribution in [3.63, 3.8) is 0 Å². The van der Waals surface area contributed by atoms with Crippen molar-refractivity contribution in [1.29, 1.82) is 0 Å². The van der Waals surface area contributed by atoms with Gasteiger partial charge < -0.3 is 14.5 Å². The van der Waals surface area contributed by atoms with Gasteiger partial charge in [-0.3, -0.25) is 4.79 Å². The summed E-state index contributed by atoms with van der Waals surface area (Å²) in [5.74, 6) is 0.667. The molecule has 1 aromatic carbocycles. The molecule has 19 heavy (non-hydrogen) atoms. The molecule has 1 aliphatic heterocycles. The van der Waals surface area contributed by atoms with Gasteiger partial charge in [0.05, 0.1) is 17.7 Å². The molecule has 0 unspecified atom stereocenters. The maximum Gasteiger partial charge on any atom is 0.255 e. The lowest BCUT2D eigenvalue weighted by Gasteiger charge is -2.34. The number of nitrogens with zero attached hydrogens (tertiary/aromatic N) is 2. The smallest absolute Gasteiger partial charge is 0.255 e. The number of piperazine rings is 1. The first kappa shape index (κ1) is 14.2. The van der Waals surface area contributed by atoms with E-state index in [1.54, 1.807) is 25.3 Å². The summed E-state index contributed by atoms with van der Waals surface area (Å²) >= 11 is 6.14. The van der Waals surface area contributed by atoms with Crippen molar-refractivity contribution in [2.45, 2.75) is 6.92 Å². The van der Waals surface area contributed by atoms with Gasteiger partial charge in [0.1, 0.15) is 5.75 Å². The summed E-state index contributed by atoms with van der Waals surface area (Å²) in [6, 6.07) is 5.17. The van der Waals surface area contributed by atoms with E-state index in [0.717, 1.165) is 32.7 Å². The van der Waals surface area contributed by atoms with Gasteiger partial charge in [-0.25, -0.2) is 0 Å². The van der Waals surface area contributed by atoms with Crippen LogP contribution in [0.5, 0.6) is 5.75 Å². The number of carbonyl (C=O) groups is 1. The molecule has 0 saturated carbocycles. The van der Waals surface area contributed by atoms with Gasteiger partial charge in [0.25, 0.3) is 5.91 Å². The zero-order valence-corrected chi connectivity index (χ0v) is 12.1. The van der Waals surface area contributed by atoms with Crippen molar-refractivity contribution < 1.29 is 9.53 Å². The Balaban J connectivity index is 2.08. The van der Waals surface area contributed by atoms with E-state index < -0.39 is 0 Å². The van der Waals surface area contributed by atoms with Crippen LogP contribution < -0.4 is 4.74 Å². The van der Waals surface area contributed by atoms with Gasteiger partial charge in [-0.05, 0) is 24.7 Å². The van der Waals surface area contributed by atoms with Crippen molar-refractivity contribution in [3.05, 3.63) is 28.8 Å². The van der Waals surface area contributed by atoms with E-state index in [2.05, 4.69) is 11.8 Å². The van der Waals surface area contributed by atoms with Crippen LogP contribution in [-0.4, -0.2) is 55.5 Å². The van der Waals surface area contributed by atoms with Crippen LogP contribution in [0.3, 0.4) is 0 Å². The fraction of sp³-hybridized carbons (Fsp3) is 0.500. The third-order valence-electron chi connectivity index (χ3n) is 3.51. The lowest BCUT2D eigenvalue weighted by Crippen LogP contribution is -2.48. The largest absolute Gasteiger partial charge is 0.497 e. The zero-order valence-electron chi connectivity index (χ0n) is 11.4. The van der Waals surface area contributed by atoms with E-state index in [4.69, 9.17) is 16.3 Å². The number of hydrogen-bond acceptors (Lipinski definition) is 3. The molecule has 0 radical (unpaired) electrons. The van der Waals surface area contributed by atoms with E-state index in [-0.39, 0.29) is 5.91 Å². The Hall–Kier alpha value is -1.26. The Morgan fingerprint density at radius 1 is 1.32 bits per heavy atom. The topological polar surface area (TPSA) is 32.8 Å². The molecule has 0 bridgehead atoms. The number of ether oxygens (including phenoxy) is 1. The monoisotopic (exact) mass is 282 g/mol. The summed E-state index contributed by atoms with van der Waals surface area (Å²) in [5.41, 5.74) is 0.549. The Morgan fingerprint density at radius 2 is 2.00 bits per heavy atom. The molecule has 1 fully saturated rings. The Morgan fingerprint density at radius 3 is 2.53 bits per heavy atom. The highest BCUT2D eigenvalue weighted by molar-refractivity contribution is 6.34. The fourth-order valence-corrected chi connectivity index (χ4v) is 2.49. The van der Waals surface area contributed by atoms with Crippen molar-refractivity contribution >= 4 is 17.5 Å². The number of carbonyl (C=O) groups excluding carboxylic acids is 1. The molecular weight excluding hydrogens is 264 g/mol. The number of likely N-dealkylation sites (N-methyl/N-ethyl adjacent to an activating group) is 1. The van der Waals surface area contributed by atoms with Gasteiger partial charge in [-0.1, -0.05) is 18.5 Å². The van der Waals surface area contributed by atoms with Crippen molar-refractivity contribution in [1.82, 2.24) is 9.80 Å². The second-order valence-electron chi connectivity index (χ2n) is 4.57. The molecule has 0 aromatic heterocycles. The molecule has 2 rings (SSSR count). The Labute approximate surface area is 118 Å². The summed E-state index contributed by atoms with van der Waals surface area (Å²) in [7, 11) is 1.58. The van der Waals surface area contributed by atoms with Gasteiger partial charge in [-0.2, -0.15) is 0 Å². The summed E-state index contributed by atoms with van der Waals surface area (Å²) < 4.78 is 5.09. The normalized spacial score (nSPS) is 16.5. The van der Waals surface area contributed by atoms with Crippen LogP contribution in [0.15, 0.2) is 18.2 Å². The third-order valence-corrected chi connectivity index (χ3v) is 3.83. The van der Waals surface area contributed by atoms with Crippen molar-refractivity contribution in [3.8, 4) is 5.75 Å². The predicted octanol–water partition coefficient (Wildman–Crippen LogP) is 2.13. The maximum atomic E-state index is 12.4. The van der Waals surface area contributed by atoms with Crippen molar-refractivity contribution in [2.75, 3.05) is 39.8 Å². The van der Waals surface area contributed by atoms with Crippen molar-refractivity contribution in [2.24, 2.45) is 0 Å². The van der Waals surface area contributed by atoms with Gasteiger partial charge in [0.15, 0.2) is 0 Å². The van der Waals surface area contributed by atoms with E-state index in [9.17, 15) is 4.79 Å². The summed E-state index contributed by atoms with van der Waals surface area (Å²) in [5, 5.41) is 0.447. The first-order valence-corrected chi connectivity index (χ1v) is 6.88. The van der Waals surface area contributed by atoms with Crippen LogP contribution in [0.2, 0.25) is 5.02 Å². The number of halogens is 1. The molecule has 0 N–H and O–H groups in total.